The van der Waals surface area contributed by atoms with Crippen LogP contribution < -0.4 is 9.46 Å². The minimum absolute atomic E-state index is 0.110. The molecule has 5 rings (SSSR count). The van der Waals surface area contributed by atoms with Crippen LogP contribution in [0.15, 0.2) is 12.5 Å². The Morgan fingerprint density at radius 3 is 2.76 bits per heavy atom. The fraction of sp³-hybridized carbons (Fsp3) is 0.737. The third-order valence-corrected chi connectivity index (χ3v) is 6.85. The number of fused-ring (bicyclic) bond motifs is 5. The van der Waals surface area contributed by atoms with Crippen LogP contribution in [0.4, 0.5) is 0 Å². The molecular weight excluding hydrogens is 396 g/mol. The Hall–Kier alpha value is -1.78. The fourth-order valence-electron chi connectivity index (χ4n) is 4.70. The number of carbonyl (C=O) groups is 1. The highest BCUT2D eigenvalue weighted by Crippen LogP contribution is 2.37. The number of rotatable bonds is 2. The Morgan fingerprint density at radius 2 is 2.00 bits per heavy atom. The lowest BCUT2D eigenvalue weighted by atomic mass is 9.83. The largest absolute Gasteiger partial charge is 0.467 e. The number of hydrogen-bond acceptors (Lipinski definition) is 7. The molecule has 29 heavy (non-hydrogen) atoms. The normalized spacial score (nSPS) is 30.9. The average Bonchev–Trinajstić information content (AvgIpc) is 2.71. The molecule has 1 amide bonds. The Bertz CT molecular complexity index is 841. The van der Waals surface area contributed by atoms with Crippen molar-refractivity contribution in [2.45, 2.75) is 62.6 Å². The van der Waals surface area contributed by atoms with E-state index < -0.39 is 10.0 Å². The van der Waals surface area contributed by atoms with E-state index in [0.29, 0.717) is 31.4 Å². The van der Waals surface area contributed by atoms with E-state index in [0.717, 1.165) is 43.9 Å². The molecule has 0 aromatic carbocycles. The number of ether oxygens (including phenoxy) is 2. The monoisotopic (exact) mass is 424 g/mol. The summed E-state index contributed by atoms with van der Waals surface area (Å²) >= 11 is 0. The van der Waals surface area contributed by atoms with E-state index in [9.17, 15) is 13.2 Å². The summed E-state index contributed by atoms with van der Waals surface area (Å²) < 4.78 is 38.4. The Kier molecular flexibility index (Phi) is 6.03. The second-order valence-corrected chi connectivity index (χ2v) is 9.95. The smallest absolute Gasteiger partial charge is 0.260 e. The third-order valence-electron chi connectivity index (χ3n) is 6.12. The van der Waals surface area contributed by atoms with Gasteiger partial charge in [0.25, 0.3) is 5.91 Å². The van der Waals surface area contributed by atoms with Crippen LogP contribution in [0.2, 0.25) is 0 Å². The molecular formula is C19H28N4O5S. The van der Waals surface area contributed by atoms with Gasteiger partial charge in [-0.1, -0.05) is 0 Å². The molecule has 0 radical (unpaired) electrons. The van der Waals surface area contributed by atoms with Crippen molar-refractivity contribution in [1.29, 1.82) is 0 Å². The maximum atomic E-state index is 13.0. The first kappa shape index (κ1) is 20.5. The van der Waals surface area contributed by atoms with Gasteiger partial charge in [0.05, 0.1) is 25.0 Å². The number of aromatic nitrogens is 2. The third kappa shape index (κ3) is 4.87. The molecule has 1 N–H and O–H groups in total. The zero-order valence-electron chi connectivity index (χ0n) is 16.6. The van der Waals surface area contributed by atoms with Crippen molar-refractivity contribution in [3.63, 3.8) is 0 Å². The van der Waals surface area contributed by atoms with Gasteiger partial charge in [-0.2, -0.15) is 0 Å². The predicted octanol–water partition coefficient (Wildman–Crippen LogP) is 0.821. The molecule has 4 aliphatic rings. The topological polar surface area (TPSA) is 111 Å². The van der Waals surface area contributed by atoms with Gasteiger partial charge in [-0.25, -0.2) is 23.1 Å². The van der Waals surface area contributed by atoms with Gasteiger partial charge in [0.2, 0.25) is 15.9 Å². The molecule has 0 spiro atoms. The molecule has 4 heterocycles. The summed E-state index contributed by atoms with van der Waals surface area (Å²) in [6.07, 6.45) is 9.58. The summed E-state index contributed by atoms with van der Waals surface area (Å²) in [7, 11) is -3.39. The minimum Gasteiger partial charge on any atom is -0.467 e. The summed E-state index contributed by atoms with van der Waals surface area (Å²) in [6.45, 7) is 0.741. The van der Waals surface area contributed by atoms with Crippen LogP contribution in [-0.2, 0) is 19.6 Å². The van der Waals surface area contributed by atoms with Crippen LogP contribution in [-0.4, -0.2) is 73.4 Å². The second kappa shape index (κ2) is 8.53. The molecule has 9 nitrogen and oxygen atoms in total. The van der Waals surface area contributed by atoms with Crippen LogP contribution in [0.3, 0.4) is 0 Å². The van der Waals surface area contributed by atoms with Gasteiger partial charge in [0.1, 0.15) is 6.33 Å². The first-order valence-electron chi connectivity index (χ1n) is 10.2. The summed E-state index contributed by atoms with van der Waals surface area (Å²) in [5.74, 6) is 0.579. The van der Waals surface area contributed by atoms with E-state index in [1.807, 2.05) is 0 Å². The van der Waals surface area contributed by atoms with Crippen LogP contribution in [0.5, 0.6) is 5.88 Å². The highest BCUT2D eigenvalue weighted by atomic mass is 32.2. The molecule has 2 fully saturated rings. The molecule has 1 aromatic rings. The number of piperidine rings is 1. The molecule has 3 aliphatic heterocycles. The van der Waals surface area contributed by atoms with Gasteiger partial charge < -0.3 is 14.4 Å². The van der Waals surface area contributed by atoms with Crippen molar-refractivity contribution in [2.24, 2.45) is 0 Å². The van der Waals surface area contributed by atoms with E-state index in [-0.39, 0.29) is 30.7 Å². The van der Waals surface area contributed by atoms with Crippen LogP contribution in [0.25, 0.3) is 0 Å². The number of hydrogen-bond donors (Lipinski definition) is 1. The van der Waals surface area contributed by atoms with Gasteiger partial charge >= 0.3 is 0 Å². The van der Waals surface area contributed by atoms with Gasteiger partial charge in [-0.05, 0) is 44.4 Å². The Balaban J connectivity index is 1.61. The quantitative estimate of drug-likeness (QED) is 0.748. The van der Waals surface area contributed by atoms with Crippen molar-refractivity contribution < 1.29 is 22.7 Å². The minimum atomic E-state index is -3.39. The molecule has 0 unspecified atom stereocenters. The van der Waals surface area contributed by atoms with Gasteiger partial charge in [0, 0.05) is 24.3 Å². The highest BCUT2D eigenvalue weighted by molar-refractivity contribution is 7.88. The molecule has 1 saturated carbocycles. The second-order valence-electron chi connectivity index (χ2n) is 8.17. The number of sulfonamides is 1. The van der Waals surface area contributed by atoms with Crippen LogP contribution in [0, 0.1) is 0 Å². The standard InChI is InChI=1S/C19H28N4O5S/c1-29(25,26)22-16-3-2-8-23-17(16)10-27-14-6-4-13(5-7-14)15-9-20-12-21-19(15)28-11-18(23)24/h9,12-14,16-17,22H,2-8,10-11H2,1H3/t13-,14+,16-,17-/m0/s1. The molecule has 1 saturated heterocycles. The van der Waals surface area contributed by atoms with Gasteiger partial charge in [-0.15, -0.1) is 0 Å². The van der Waals surface area contributed by atoms with Gasteiger partial charge in [-0.3, -0.25) is 4.79 Å². The van der Waals surface area contributed by atoms with E-state index in [4.69, 9.17) is 9.47 Å². The fourth-order valence-corrected chi connectivity index (χ4v) is 5.53. The lowest BCUT2D eigenvalue weighted by Crippen LogP contribution is -2.59. The van der Waals surface area contributed by atoms with Crippen LogP contribution in [0.1, 0.15) is 50.0 Å². The summed E-state index contributed by atoms with van der Waals surface area (Å²) in [5, 5.41) is 0. The molecule has 2 bridgehead atoms. The molecule has 10 heteroatoms. The van der Waals surface area contributed by atoms with E-state index in [1.54, 1.807) is 11.1 Å². The summed E-state index contributed by atoms with van der Waals surface area (Å²) in [4.78, 5) is 23.1. The molecule has 1 aliphatic carbocycles. The molecule has 1 aromatic heterocycles. The lowest BCUT2D eigenvalue weighted by Gasteiger charge is -2.41. The van der Waals surface area contributed by atoms with Crippen molar-refractivity contribution in [3.05, 3.63) is 18.1 Å². The number of carbonyl (C=O) groups excluding carboxylic acids is 1. The first-order valence-corrected chi connectivity index (χ1v) is 12.1. The first-order chi connectivity index (χ1) is 13.9. The van der Waals surface area contributed by atoms with Crippen LogP contribution >= 0.6 is 0 Å². The van der Waals surface area contributed by atoms with Crippen molar-refractivity contribution in [1.82, 2.24) is 19.6 Å². The maximum Gasteiger partial charge on any atom is 0.260 e. The molecule has 2 atom stereocenters. The van der Waals surface area contributed by atoms with E-state index in [2.05, 4.69) is 14.7 Å². The molecule has 160 valence electrons. The average molecular weight is 425 g/mol. The zero-order valence-corrected chi connectivity index (χ0v) is 17.4. The lowest BCUT2D eigenvalue weighted by molar-refractivity contribution is -0.140. The van der Waals surface area contributed by atoms with Gasteiger partial charge in [0.15, 0.2) is 6.61 Å². The summed E-state index contributed by atoms with van der Waals surface area (Å²) in [5.41, 5.74) is 0.949. The highest BCUT2D eigenvalue weighted by Gasteiger charge is 2.37. The van der Waals surface area contributed by atoms with E-state index >= 15 is 0 Å². The zero-order chi connectivity index (χ0) is 20.4. The number of amides is 1. The van der Waals surface area contributed by atoms with E-state index in [1.165, 1.54) is 6.33 Å². The van der Waals surface area contributed by atoms with Crippen molar-refractivity contribution >= 4 is 15.9 Å². The Morgan fingerprint density at radius 1 is 1.21 bits per heavy atom. The van der Waals surface area contributed by atoms with Crippen molar-refractivity contribution in [3.8, 4) is 5.88 Å². The predicted molar refractivity (Wildman–Crippen MR) is 105 cm³/mol. The number of nitrogens with zero attached hydrogens (tertiary/aromatic N) is 3. The summed E-state index contributed by atoms with van der Waals surface area (Å²) in [6, 6.07) is -0.711. The maximum absolute atomic E-state index is 13.0. The SMILES string of the molecule is CS(=O)(=O)N[C@H]1CCCN2C(=O)COc3ncncc3[C@H]3CC[C@H](CC3)OC[C@@H]12. The Labute approximate surface area is 171 Å². The number of nitrogens with one attached hydrogen (secondary N) is 1. The van der Waals surface area contributed by atoms with Crippen molar-refractivity contribution in [2.75, 3.05) is 26.0 Å².